The van der Waals surface area contributed by atoms with Gasteiger partial charge in [-0.25, -0.2) is 19.9 Å². The third kappa shape index (κ3) is 6.55. The van der Waals surface area contributed by atoms with Crippen LogP contribution in [0.4, 0.5) is 0 Å². The number of rotatable bonds is 7. The Labute approximate surface area is 353 Å². The summed E-state index contributed by atoms with van der Waals surface area (Å²) < 4.78 is 2.40. The van der Waals surface area contributed by atoms with Crippen LogP contribution in [0.15, 0.2) is 188 Å². The molecule has 0 N–H and O–H groups in total. The molecule has 0 aliphatic heterocycles. The van der Waals surface area contributed by atoms with Crippen molar-refractivity contribution in [3.63, 3.8) is 0 Å². The van der Waals surface area contributed by atoms with Crippen LogP contribution in [-0.2, 0) is 6.42 Å². The Morgan fingerprint density at radius 2 is 0.934 bits per heavy atom. The molecule has 0 atom stereocenters. The van der Waals surface area contributed by atoms with Crippen molar-refractivity contribution in [2.75, 3.05) is 0 Å². The molecular weight excluding hydrogens is 745 g/mol. The van der Waals surface area contributed by atoms with Gasteiger partial charge in [-0.3, -0.25) is 0 Å². The molecule has 0 saturated heterocycles. The van der Waals surface area contributed by atoms with Crippen LogP contribution in [0.25, 0.3) is 101 Å². The van der Waals surface area contributed by atoms with Crippen LogP contribution in [0.2, 0.25) is 0 Å². The Morgan fingerprint density at radius 1 is 0.459 bits per heavy atom. The summed E-state index contributed by atoms with van der Waals surface area (Å²) in [6.45, 7) is 0. The molecular formula is C55H36N6. The second-order valence-corrected chi connectivity index (χ2v) is 15.3. The molecule has 0 bridgehead atoms. The van der Waals surface area contributed by atoms with E-state index >= 15 is 0 Å². The first-order chi connectivity index (χ1) is 30.2. The van der Waals surface area contributed by atoms with Crippen LogP contribution >= 0.6 is 0 Å². The van der Waals surface area contributed by atoms with E-state index in [0.717, 1.165) is 79.8 Å². The standard InChI is InChI=1S/C55H36N6/c56-35-36-19-21-42(22-20-36)53-58-54(43-31-25-38(26-32-43)37-11-3-1-4-12-37)60-55(59-53)44-33-27-40(28-34-44)39-23-29-41(30-24-39)51-52-50(46-15-7-9-17-48(46)57-51)47-16-8-10-18-49(47)61(52)45-13-5-2-6-14-45/h1-7,9-15,17-34H,8,16H2. The minimum absolute atomic E-state index is 0.544. The van der Waals surface area contributed by atoms with E-state index in [1.165, 1.54) is 22.0 Å². The van der Waals surface area contributed by atoms with Crippen LogP contribution in [0, 0.1) is 11.3 Å². The zero-order chi connectivity index (χ0) is 40.7. The van der Waals surface area contributed by atoms with Gasteiger partial charge in [0.15, 0.2) is 17.5 Å². The van der Waals surface area contributed by atoms with Crippen LogP contribution < -0.4 is 0 Å². The fourth-order valence-corrected chi connectivity index (χ4v) is 8.54. The van der Waals surface area contributed by atoms with Gasteiger partial charge in [0.05, 0.1) is 28.4 Å². The van der Waals surface area contributed by atoms with E-state index in [1.54, 1.807) is 12.1 Å². The summed E-state index contributed by atoms with van der Waals surface area (Å²) in [7, 11) is 0. The topological polar surface area (TPSA) is 80.3 Å². The van der Waals surface area contributed by atoms with E-state index in [4.69, 9.17) is 19.9 Å². The summed E-state index contributed by atoms with van der Waals surface area (Å²) >= 11 is 0. The number of benzene rings is 7. The molecule has 1 aliphatic rings. The molecule has 7 aromatic carbocycles. The van der Waals surface area contributed by atoms with Crippen LogP contribution in [0.3, 0.4) is 0 Å². The van der Waals surface area contributed by atoms with Gasteiger partial charge in [-0.15, -0.1) is 0 Å². The largest absolute Gasteiger partial charge is 0.307 e. The van der Waals surface area contributed by atoms with Gasteiger partial charge in [0.2, 0.25) is 0 Å². The maximum absolute atomic E-state index is 9.41. The van der Waals surface area contributed by atoms with Crippen molar-refractivity contribution >= 4 is 27.9 Å². The van der Waals surface area contributed by atoms with Gasteiger partial charge in [-0.05, 0) is 89.2 Å². The van der Waals surface area contributed by atoms with Crippen molar-refractivity contribution in [1.29, 1.82) is 5.26 Å². The minimum Gasteiger partial charge on any atom is -0.307 e. The maximum Gasteiger partial charge on any atom is 0.164 e. The third-order valence-electron chi connectivity index (χ3n) is 11.6. The summed E-state index contributed by atoms with van der Waals surface area (Å²) in [5.41, 5.74) is 15.5. The van der Waals surface area contributed by atoms with E-state index in [9.17, 15) is 5.26 Å². The second-order valence-electron chi connectivity index (χ2n) is 15.3. The first-order valence-electron chi connectivity index (χ1n) is 20.5. The Bertz CT molecular complexity index is 3310. The molecule has 0 unspecified atom stereocenters. The summed E-state index contributed by atoms with van der Waals surface area (Å²) in [5, 5.41) is 11.9. The number of aryl methyl sites for hydroxylation is 1. The van der Waals surface area contributed by atoms with E-state index < -0.39 is 0 Å². The molecule has 0 saturated carbocycles. The van der Waals surface area contributed by atoms with Crippen molar-refractivity contribution < 1.29 is 0 Å². The third-order valence-corrected chi connectivity index (χ3v) is 11.6. The van der Waals surface area contributed by atoms with Gasteiger partial charge in [-0.1, -0.05) is 146 Å². The molecule has 0 spiro atoms. The predicted octanol–water partition coefficient (Wildman–Crippen LogP) is 13.2. The van der Waals surface area contributed by atoms with Crippen molar-refractivity contribution in [3.05, 3.63) is 205 Å². The Balaban J connectivity index is 0.962. The summed E-state index contributed by atoms with van der Waals surface area (Å²) in [6.07, 6.45) is 6.59. The minimum atomic E-state index is 0.544. The smallest absolute Gasteiger partial charge is 0.164 e. The zero-order valence-electron chi connectivity index (χ0n) is 33.1. The number of fused-ring (bicyclic) bond motifs is 5. The van der Waals surface area contributed by atoms with Crippen molar-refractivity contribution in [3.8, 4) is 79.4 Å². The zero-order valence-corrected chi connectivity index (χ0v) is 33.1. The molecule has 0 fully saturated rings. The van der Waals surface area contributed by atoms with Gasteiger partial charge >= 0.3 is 0 Å². The molecule has 0 amide bonds. The van der Waals surface area contributed by atoms with E-state index in [2.05, 4.69) is 162 Å². The molecule has 61 heavy (non-hydrogen) atoms. The fourth-order valence-electron chi connectivity index (χ4n) is 8.54. The number of para-hydroxylation sites is 2. The molecule has 0 radical (unpaired) electrons. The first kappa shape index (κ1) is 35.9. The van der Waals surface area contributed by atoms with Gasteiger partial charge < -0.3 is 4.57 Å². The van der Waals surface area contributed by atoms with E-state index in [1.807, 2.05) is 30.3 Å². The Hall–Kier alpha value is -8.27. The quantitative estimate of drug-likeness (QED) is 0.161. The molecule has 10 aromatic rings. The van der Waals surface area contributed by atoms with Crippen LogP contribution in [-0.4, -0.2) is 24.5 Å². The number of hydrogen-bond donors (Lipinski definition) is 0. The average molecular weight is 781 g/mol. The monoisotopic (exact) mass is 780 g/mol. The predicted molar refractivity (Wildman–Crippen MR) is 247 cm³/mol. The molecule has 1 aliphatic carbocycles. The fraction of sp³-hybridized carbons (Fsp3) is 0.0364. The van der Waals surface area contributed by atoms with Gasteiger partial charge in [0, 0.05) is 44.4 Å². The van der Waals surface area contributed by atoms with Crippen LogP contribution in [0.1, 0.15) is 23.2 Å². The lowest BCUT2D eigenvalue weighted by atomic mass is 9.96. The molecule has 3 heterocycles. The lowest BCUT2D eigenvalue weighted by Crippen LogP contribution is -2.01. The average Bonchev–Trinajstić information content (AvgIpc) is 3.70. The van der Waals surface area contributed by atoms with Crippen LogP contribution in [0.5, 0.6) is 0 Å². The van der Waals surface area contributed by atoms with Crippen molar-refractivity contribution in [2.24, 2.45) is 0 Å². The van der Waals surface area contributed by atoms with Gasteiger partial charge in [0.25, 0.3) is 0 Å². The number of pyridine rings is 1. The Kier molecular flexibility index (Phi) is 8.91. The summed E-state index contributed by atoms with van der Waals surface area (Å²) in [4.78, 5) is 20.2. The highest BCUT2D eigenvalue weighted by atomic mass is 15.0. The molecule has 6 heteroatoms. The highest BCUT2D eigenvalue weighted by Crippen LogP contribution is 2.42. The normalized spacial score (nSPS) is 12.0. The van der Waals surface area contributed by atoms with E-state index in [0.29, 0.717) is 23.0 Å². The van der Waals surface area contributed by atoms with Gasteiger partial charge in [0.1, 0.15) is 0 Å². The Morgan fingerprint density at radius 3 is 1.51 bits per heavy atom. The van der Waals surface area contributed by atoms with Crippen molar-refractivity contribution in [2.45, 2.75) is 12.8 Å². The number of aromatic nitrogens is 5. The highest BCUT2D eigenvalue weighted by molar-refractivity contribution is 6.13. The molecule has 3 aromatic heterocycles. The molecule has 286 valence electrons. The summed E-state index contributed by atoms with van der Waals surface area (Å²) in [6, 6.07) is 64.5. The lowest BCUT2D eigenvalue weighted by molar-refractivity contribution is 0.968. The summed E-state index contributed by atoms with van der Waals surface area (Å²) in [5.74, 6) is 1.70. The van der Waals surface area contributed by atoms with Gasteiger partial charge in [-0.2, -0.15) is 5.26 Å². The highest BCUT2D eigenvalue weighted by Gasteiger charge is 2.24. The number of hydrogen-bond acceptors (Lipinski definition) is 5. The SMILES string of the molecule is N#Cc1ccc(-c2nc(-c3ccc(-c4ccccc4)cc3)nc(-c3ccc(-c4ccc(-c5nc6ccccc6c6c7c(n(-c8ccccc8)c56)C=CCC7)cc4)cc3)n2)cc1. The number of nitrogens with zero attached hydrogens (tertiary/aromatic N) is 6. The molecule has 6 nitrogen and oxygen atoms in total. The number of nitriles is 1. The first-order valence-corrected chi connectivity index (χ1v) is 20.5. The van der Waals surface area contributed by atoms with Crippen molar-refractivity contribution in [1.82, 2.24) is 24.5 Å². The lowest BCUT2D eigenvalue weighted by Gasteiger charge is -2.14. The number of allylic oxidation sites excluding steroid dienone is 1. The maximum atomic E-state index is 9.41. The van der Waals surface area contributed by atoms with E-state index in [-0.39, 0.29) is 0 Å². The molecule has 11 rings (SSSR count). The second kappa shape index (κ2) is 15.2.